The van der Waals surface area contributed by atoms with Crippen LogP contribution < -0.4 is 4.90 Å². The first-order valence-corrected chi connectivity index (χ1v) is 6.32. The molecule has 0 aliphatic heterocycles. The first-order valence-electron chi connectivity index (χ1n) is 5.94. The largest absolute Gasteiger partial charge is 0.313 e. The maximum Gasteiger partial charge on any atom is 0.256 e. The van der Waals surface area contributed by atoms with Gasteiger partial charge in [0, 0.05) is 25.1 Å². The van der Waals surface area contributed by atoms with Gasteiger partial charge in [-0.3, -0.25) is 0 Å². The molecule has 0 saturated heterocycles. The van der Waals surface area contributed by atoms with Gasteiger partial charge < -0.3 is 4.90 Å². The van der Waals surface area contributed by atoms with Crippen molar-refractivity contribution < 1.29 is 0 Å². The van der Waals surface area contributed by atoms with Crippen molar-refractivity contribution in [3.8, 4) is 5.95 Å². The third-order valence-corrected chi connectivity index (χ3v) is 2.91. The van der Waals surface area contributed by atoms with E-state index in [9.17, 15) is 0 Å². The summed E-state index contributed by atoms with van der Waals surface area (Å²) in [6, 6.07) is 11.6. The molecule has 0 aliphatic carbocycles. The zero-order valence-corrected chi connectivity index (χ0v) is 11.4. The number of rotatable bonds is 3. The van der Waals surface area contributed by atoms with Crippen LogP contribution in [0.2, 0.25) is 5.28 Å². The zero-order chi connectivity index (χ0) is 13.9. The molecule has 0 unspecified atom stereocenters. The summed E-state index contributed by atoms with van der Waals surface area (Å²) in [5.41, 5.74) is 0.959. The molecule has 0 aliphatic rings. The lowest BCUT2D eigenvalue weighted by Gasteiger charge is -2.17. The standard InChI is InChI=1S/C13H11ClN6/c1-19(10-6-3-2-4-7-10)12-16-11(14)17-13(18-12)20-9-5-8-15-20/h2-9H,1H3. The van der Waals surface area contributed by atoms with Crippen molar-refractivity contribution in [2.75, 3.05) is 11.9 Å². The molecule has 100 valence electrons. The van der Waals surface area contributed by atoms with Crippen molar-refractivity contribution in [3.63, 3.8) is 0 Å². The van der Waals surface area contributed by atoms with Gasteiger partial charge in [0.25, 0.3) is 5.95 Å². The van der Waals surface area contributed by atoms with E-state index in [1.54, 1.807) is 18.5 Å². The molecular formula is C13H11ClN6. The minimum atomic E-state index is 0.128. The Morgan fingerprint density at radius 2 is 1.85 bits per heavy atom. The normalized spacial score (nSPS) is 10.5. The lowest BCUT2D eigenvalue weighted by Crippen LogP contribution is -2.15. The minimum absolute atomic E-state index is 0.128. The summed E-state index contributed by atoms with van der Waals surface area (Å²) < 4.78 is 1.54. The van der Waals surface area contributed by atoms with Gasteiger partial charge in [0.1, 0.15) is 0 Å². The molecule has 0 radical (unpaired) electrons. The number of anilines is 2. The molecule has 3 rings (SSSR count). The van der Waals surface area contributed by atoms with E-state index in [2.05, 4.69) is 20.1 Å². The molecule has 0 N–H and O–H groups in total. The van der Waals surface area contributed by atoms with Gasteiger partial charge in [-0.1, -0.05) is 18.2 Å². The fraction of sp³-hybridized carbons (Fsp3) is 0.0769. The Balaban J connectivity index is 2.02. The van der Waals surface area contributed by atoms with Gasteiger partial charge in [-0.25, -0.2) is 4.68 Å². The monoisotopic (exact) mass is 286 g/mol. The van der Waals surface area contributed by atoms with E-state index in [0.29, 0.717) is 11.9 Å². The van der Waals surface area contributed by atoms with Crippen molar-refractivity contribution in [2.24, 2.45) is 0 Å². The first kappa shape index (κ1) is 12.6. The Bertz CT molecular complexity index is 698. The highest BCUT2D eigenvalue weighted by Gasteiger charge is 2.12. The molecule has 0 spiro atoms. The average molecular weight is 287 g/mol. The fourth-order valence-electron chi connectivity index (χ4n) is 1.74. The summed E-state index contributed by atoms with van der Waals surface area (Å²) in [7, 11) is 1.87. The van der Waals surface area contributed by atoms with Gasteiger partial charge in [-0.15, -0.1) is 0 Å². The summed E-state index contributed by atoms with van der Waals surface area (Å²) in [5, 5.41) is 4.22. The summed E-state index contributed by atoms with van der Waals surface area (Å²) in [6.45, 7) is 0. The van der Waals surface area contributed by atoms with Gasteiger partial charge in [0.15, 0.2) is 0 Å². The number of nitrogens with zero attached hydrogens (tertiary/aromatic N) is 6. The molecular weight excluding hydrogens is 276 g/mol. The highest BCUT2D eigenvalue weighted by Crippen LogP contribution is 2.20. The van der Waals surface area contributed by atoms with E-state index in [1.165, 1.54) is 4.68 Å². The van der Waals surface area contributed by atoms with Crippen LogP contribution >= 0.6 is 11.6 Å². The van der Waals surface area contributed by atoms with Crippen molar-refractivity contribution in [2.45, 2.75) is 0 Å². The van der Waals surface area contributed by atoms with Crippen LogP contribution in [0.1, 0.15) is 0 Å². The van der Waals surface area contributed by atoms with Crippen LogP contribution in [0.4, 0.5) is 11.6 Å². The SMILES string of the molecule is CN(c1ccccc1)c1nc(Cl)nc(-n2cccn2)n1. The Morgan fingerprint density at radius 3 is 2.55 bits per heavy atom. The molecule has 0 saturated carbocycles. The molecule has 0 fully saturated rings. The van der Waals surface area contributed by atoms with Crippen LogP contribution in [0.3, 0.4) is 0 Å². The zero-order valence-electron chi connectivity index (χ0n) is 10.7. The summed E-state index contributed by atoms with van der Waals surface area (Å²) >= 11 is 5.97. The molecule has 0 amide bonds. The molecule has 1 aromatic carbocycles. The van der Waals surface area contributed by atoms with Crippen LogP contribution in [-0.2, 0) is 0 Å². The van der Waals surface area contributed by atoms with E-state index < -0.39 is 0 Å². The molecule has 20 heavy (non-hydrogen) atoms. The highest BCUT2D eigenvalue weighted by molar-refractivity contribution is 6.28. The second-order valence-corrected chi connectivity index (χ2v) is 4.39. The van der Waals surface area contributed by atoms with Crippen LogP contribution in [0.25, 0.3) is 5.95 Å². The highest BCUT2D eigenvalue weighted by atomic mass is 35.5. The maximum atomic E-state index is 5.97. The van der Waals surface area contributed by atoms with Gasteiger partial charge in [0.2, 0.25) is 11.2 Å². The Hall–Kier alpha value is -2.47. The van der Waals surface area contributed by atoms with Crippen LogP contribution in [-0.4, -0.2) is 31.8 Å². The number of halogens is 1. The number of hydrogen-bond donors (Lipinski definition) is 0. The number of benzene rings is 1. The maximum absolute atomic E-state index is 5.97. The third-order valence-electron chi connectivity index (χ3n) is 2.74. The molecule has 2 aromatic heterocycles. The topological polar surface area (TPSA) is 59.7 Å². The Morgan fingerprint density at radius 1 is 1.05 bits per heavy atom. The summed E-state index contributed by atoms with van der Waals surface area (Å²) in [6.07, 6.45) is 3.40. The lowest BCUT2D eigenvalue weighted by atomic mass is 10.3. The molecule has 3 aromatic rings. The third kappa shape index (κ3) is 2.46. The van der Waals surface area contributed by atoms with Gasteiger partial charge in [0.05, 0.1) is 0 Å². The summed E-state index contributed by atoms with van der Waals surface area (Å²) in [5.74, 6) is 0.842. The number of para-hydroxylation sites is 1. The molecule has 7 heteroatoms. The van der Waals surface area contributed by atoms with Gasteiger partial charge >= 0.3 is 0 Å². The second kappa shape index (κ2) is 5.26. The molecule has 6 nitrogen and oxygen atoms in total. The van der Waals surface area contributed by atoms with Crippen LogP contribution in [0.5, 0.6) is 0 Å². The molecule has 0 atom stereocenters. The molecule has 0 bridgehead atoms. The quantitative estimate of drug-likeness (QED) is 0.740. The van der Waals surface area contributed by atoms with Crippen molar-refractivity contribution in [1.82, 2.24) is 24.7 Å². The average Bonchev–Trinajstić information content (AvgIpc) is 3.01. The van der Waals surface area contributed by atoms with Gasteiger partial charge in [-0.05, 0) is 29.8 Å². The lowest BCUT2D eigenvalue weighted by molar-refractivity contribution is 0.791. The van der Waals surface area contributed by atoms with E-state index in [0.717, 1.165) is 5.69 Å². The van der Waals surface area contributed by atoms with Crippen molar-refractivity contribution in [3.05, 3.63) is 54.1 Å². The second-order valence-electron chi connectivity index (χ2n) is 4.05. The van der Waals surface area contributed by atoms with Crippen LogP contribution in [0, 0.1) is 0 Å². The minimum Gasteiger partial charge on any atom is -0.313 e. The Kier molecular flexibility index (Phi) is 3.30. The van der Waals surface area contributed by atoms with E-state index >= 15 is 0 Å². The smallest absolute Gasteiger partial charge is 0.256 e. The van der Waals surface area contributed by atoms with E-state index in [1.807, 2.05) is 42.3 Å². The van der Waals surface area contributed by atoms with E-state index in [-0.39, 0.29) is 5.28 Å². The predicted molar refractivity (Wildman–Crippen MR) is 76.5 cm³/mol. The van der Waals surface area contributed by atoms with Crippen molar-refractivity contribution in [1.29, 1.82) is 0 Å². The first-order chi connectivity index (χ1) is 9.74. The predicted octanol–water partition coefficient (Wildman–Crippen LogP) is 2.48. The summed E-state index contributed by atoms with van der Waals surface area (Å²) in [4.78, 5) is 14.4. The number of hydrogen-bond acceptors (Lipinski definition) is 5. The fourth-order valence-corrected chi connectivity index (χ4v) is 1.89. The van der Waals surface area contributed by atoms with Crippen molar-refractivity contribution >= 4 is 23.2 Å². The number of aromatic nitrogens is 5. The Labute approximate surface area is 120 Å². The molecule has 2 heterocycles. The van der Waals surface area contributed by atoms with Gasteiger partial charge in [-0.2, -0.15) is 20.1 Å². The van der Waals surface area contributed by atoms with Crippen LogP contribution in [0.15, 0.2) is 48.8 Å². The van der Waals surface area contributed by atoms with E-state index in [4.69, 9.17) is 11.6 Å².